The van der Waals surface area contributed by atoms with E-state index >= 15 is 0 Å². The largest absolute Gasteiger partial charge is 0.494 e. The lowest BCUT2D eigenvalue weighted by molar-refractivity contribution is 0.340. The summed E-state index contributed by atoms with van der Waals surface area (Å²) in [7, 11) is 0. The van der Waals surface area contributed by atoms with Gasteiger partial charge in [0.25, 0.3) is 0 Å². The van der Waals surface area contributed by atoms with E-state index in [-0.39, 0.29) is 0 Å². The molecular formula is C11H13NO. The molecule has 68 valence electrons. The Kier molecular flexibility index (Phi) is 2.30. The van der Waals surface area contributed by atoms with Crippen LogP contribution in [0.3, 0.4) is 0 Å². The van der Waals surface area contributed by atoms with E-state index in [9.17, 15) is 0 Å². The average molecular weight is 175 g/mol. The van der Waals surface area contributed by atoms with Gasteiger partial charge in [0, 0.05) is 12.8 Å². The molecule has 0 unspecified atom stereocenters. The highest BCUT2D eigenvalue weighted by Gasteiger charge is 2.05. The van der Waals surface area contributed by atoms with Crippen LogP contribution in [0.1, 0.15) is 18.1 Å². The molecule has 1 aliphatic rings. The second kappa shape index (κ2) is 3.60. The number of rotatable bonds is 2. The molecular weight excluding hydrogens is 162 g/mol. The lowest BCUT2D eigenvalue weighted by Gasteiger charge is -2.11. The lowest BCUT2D eigenvalue weighted by Crippen LogP contribution is -2.03. The summed E-state index contributed by atoms with van der Waals surface area (Å²) in [6, 6.07) is 6.19. The van der Waals surface area contributed by atoms with Crippen LogP contribution in [0.5, 0.6) is 5.75 Å². The van der Waals surface area contributed by atoms with Crippen molar-refractivity contribution in [3.05, 3.63) is 29.3 Å². The molecule has 1 heterocycles. The van der Waals surface area contributed by atoms with E-state index in [1.807, 2.05) is 19.2 Å². The zero-order valence-corrected chi connectivity index (χ0v) is 7.79. The molecule has 0 spiro atoms. The molecule has 0 radical (unpaired) electrons. The van der Waals surface area contributed by atoms with Crippen LogP contribution in [0.2, 0.25) is 0 Å². The van der Waals surface area contributed by atoms with Crippen molar-refractivity contribution in [3.63, 3.8) is 0 Å². The Morgan fingerprint density at radius 2 is 2.38 bits per heavy atom. The third-order valence-corrected chi connectivity index (χ3v) is 2.17. The van der Waals surface area contributed by atoms with E-state index in [4.69, 9.17) is 4.74 Å². The van der Waals surface area contributed by atoms with Crippen molar-refractivity contribution >= 4 is 6.21 Å². The van der Waals surface area contributed by atoms with Crippen molar-refractivity contribution in [2.45, 2.75) is 13.3 Å². The van der Waals surface area contributed by atoms with Crippen molar-refractivity contribution in [2.24, 2.45) is 4.99 Å². The smallest absolute Gasteiger partial charge is 0.119 e. The fraction of sp³-hybridized carbons (Fsp3) is 0.364. The third kappa shape index (κ3) is 1.72. The Morgan fingerprint density at radius 3 is 3.23 bits per heavy atom. The quantitative estimate of drug-likeness (QED) is 0.674. The predicted octanol–water partition coefficient (Wildman–Crippen LogP) is 2.06. The van der Waals surface area contributed by atoms with Crippen LogP contribution in [0.25, 0.3) is 0 Å². The summed E-state index contributed by atoms with van der Waals surface area (Å²) in [6.45, 7) is 3.64. The van der Waals surface area contributed by atoms with E-state index in [0.717, 1.165) is 25.3 Å². The van der Waals surface area contributed by atoms with Crippen LogP contribution in [-0.2, 0) is 6.42 Å². The van der Waals surface area contributed by atoms with E-state index < -0.39 is 0 Å². The third-order valence-electron chi connectivity index (χ3n) is 2.17. The highest BCUT2D eigenvalue weighted by atomic mass is 16.5. The first-order valence-electron chi connectivity index (χ1n) is 4.65. The molecule has 1 aliphatic heterocycles. The van der Waals surface area contributed by atoms with Crippen LogP contribution in [0.15, 0.2) is 23.2 Å². The Morgan fingerprint density at radius 1 is 1.46 bits per heavy atom. The second-order valence-electron chi connectivity index (χ2n) is 3.08. The van der Waals surface area contributed by atoms with E-state index in [1.165, 1.54) is 11.1 Å². The Labute approximate surface area is 78.3 Å². The average Bonchev–Trinajstić information content (AvgIpc) is 2.18. The van der Waals surface area contributed by atoms with Crippen LogP contribution in [0.4, 0.5) is 0 Å². The highest BCUT2D eigenvalue weighted by molar-refractivity contribution is 5.83. The maximum Gasteiger partial charge on any atom is 0.119 e. The zero-order valence-electron chi connectivity index (χ0n) is 7.79. The first-order valence-corrected chi connectivity index (χ1v) is 4.65. The van der Waals surface area contributed by atoms with E-state index in [2.05, 4.69) is 17.1 Å². The van der Waals surface area contributed by atoms with Crippen LogP contribution in [-0.4, -0.2) is 19.4 Å². The van der Waals surface area contributed by atoms with Gasteiger partial charge in [0.05, 0.1) is 6.61 Å². The number of aliphatic imine (C=N–C) groups is 1. The fourth-order valence-corrected chi connectivity index (χ4v) is 1.53. The van der Waals surface area contributed by atoms with Gasteiger partial charge in [0.2, 0.25) is 0 Å². The maximum absolute atomic E-state index is 5.43. The molecule has 2 heteroatoms. The molecule has 2 rings (SSSR count). The molecule has 0 saturated heterocycles. The molecule has 13 heavy (non-hydrogen) atoms. The molecule has 0 N–H and O–H groups in total. The molecule has 0 atom stereocenters. The minimum absolute atomic E-state index is 0.729. The number of ether oxygens (including phenoxy) is 1. The molecule has 0 bridgehead atoms. The van der Waals surface area contributed by atoms with Gasteiger partial charge in [0.1, 0.15) is 5.75 Å². The first-order chi connectivity index (χ1) is 6.40. The van der Waals surface area contributed by atoms with E-state index in [0.29, 0.717) is 0 Å². The molecule has 0 aliphatic carbocycles. The second-order valence-corrected chi connectivity index (χ2v) is 3.08. The zero-order chi connectivity index (χ0) is 9.10. The topological polar surface area (TPSA) is 21.6 Å². The minimum Gasteiger partial charge on any atom is -0.494 e. The number of hydrogen-bond acceptors (Lipinski definition) is 2. The van der Waals surface area contributed by atoms with Gasteiger partial charge in [0.15, 0.2) is 0 Å². The minimum atomic E-state index is 0.729. The molecule has 0 aromatic heterocycles. The fourth-order valence-electron chi connectivity index (χ4n) is 1.53. The van der Waals surface area contributed by atoms with Crippen LogP contribution < -0.4 is 4.74 Å². The van der Waals surface area contributed by atoms with Crippen molar-refractivity contribution in [1.82, 2.24) is 0 Å². The predicted molar refractivity (Wildman–Crippen MR) is 53.8 cm³/mol. The summed E-state index contributed by atoms with van der Waals surface area (Å²) in [4.78, 5) is 4.23. The molecule has 0 fully saturated rings. The molecule has 0 saturated carbocycles. The van der Waals surface area contributed by atoms with Crippen LogP contribution >= 0.6 is 0 Å². The number of fused-ring (bicyclic) bond motifs is 1. The van der Waals surface area contributed by atoms with Crippen molar-refractivity contribution in [3.8, 4) is 5.75 Å². The molecule has 2 nitrogen and oxygen atoms in total. The van der Waals surface area contributed by atoms with Gasteiger partial charge < -0.3 is 4.74 Å². The summed E-state index contributed by atoms with van der Waals surface area (Å²) in [5.74, 6) is 0.969. The first kappa shape index (κ1) is 8.30. The maximum atomic E-state index is 5.43. The Balaban J connectivity index is 2.31. The summed E-state index contributed by atoms with van der Waals surface area (Å²) >= 11 is 0. The summed E-state index contributed by atoms with van der Waals surface area (Å²) in [5, 5.41) is 0. The standard InChI is InChI=1S/C11H13NO/c1-2-13-11-4-3-10-8-12-6-5-9(10)7-11/h3-4,7-8H,2,5-6H2,1H3. The van der Waals surface area contributed by atoms with E-state index in [1.54, 1.807) is 0 Å². The van der Waals surface area contributed by atoms with Gasteiger partial charge in [-0.1, -0.05) is 0 Å². The monoisotopic (exact) mass is 175 g/mol. The summed E-state index contributed by atoms with van der Waals surface area (Å²) in [5.41, 5.74) is 2.58. The van der Waals surface area contributed by atoms with Gasteiger partial charge in [-0.25, -0.2) is 0 Å². The summed E-state index contributed by atoms with van der Waals surface area (Å²) < 4.78 is 5.43. The Hall–Kier alpha value is -1.31. The van der Waals surface area contributed by atoms with Crippen molar-refractivity contribution in [2.75, 3.05) is 13.2 Å². The SMILES string of the molecule is CCOc1ccc2c(c1)CCN=C2. The van der Waals surface area contributed by atoms with Gasteiger partial charge >= 0.3 is 0 Å². The normalized spacial score (nSPS) is 13.9. The number of hydrogen-bond donors (Lipinski definition) is 0. The Bertz CT molecular complexity index is 331. The van der Waals surface area contributed by atoms with Gasteiger partial charge in [-0.15, -0.1) is 0 Å². The number of nitrogens with zero attached hydrogens (tertiary/aromatic N) is 1. The summed E-state index contributed by atoms with van der Waals surface area (Å²) in [6.07, 6.45) is 2.97. The molecule has 1 aromatic carbocycles. The van der Waals surface area contributed by atoms with Crippen molar-refractivity contribution < 1.29 is 4.74 Å². The molecule has 0 amide bonds. The molecule has 1 aromatic rings. The van der Waals surface area contributed by atoms with Gasteiger partial charge in [-0.05, 0) is 42.7 Å². The van der Waals surface area contributed by atoms with Gasteiger partial charge in [-0.2, -0.15) is 0 Å². The van der Waals surface area contributed by atoms with Gasteiger partial charge in [-0.3, -0.25) is 4.99 Å². The van der Waals surface area contributed by atoms with Crippen molar-refractivity contribution in [1.29, 1.82) is 0 Å². The number of benzene rings is 1. The lowest BCUT2D eigenvalue weighted by atomic mass is 10.0. The van der Waals surface area contributed by atoms with Crippen LogP contribution in [0, 0.1) is 0 Å². The highest BCUT2D eigenvalue weighted by Crippen LogP contribution is 2.19.